The number of nitrogens with zero attached hydrogens (tertiary/aromatic N) is 11. The Kier molecular flexibility index (Phi) is 19.0. The maximum atomic E-state index is 11.6. The van der Waals surface area contributed by atoms with Crippen molar-refractivity contribution in [3.8, 4) is 0 Å². The quantitative estimate of drug-likeness (QED) is 0.115. The third-order valence-corrected chi connectivity index (χ3v) is 9.44. The Balaban J connectivity index is 0.000000202. The van der Waals surface area contributed by atoms with E-state index in [-0.39, 0.29) is 41.9 Å². The minimum absolute atomic E-state index is 0. The zero-order valence-corrected chi connectivity index (χ0v) is 34.5. The van der Waals surface area contributed by atoms with Crippen LogP contribution in [0.25, 0.3) is 22.3 Å². The molecule has 4 aliphatic rings. The summed E-state index contributed by atoms with van der Waals surface area (Å²) in [6, 6.07) is 0. The predicted molar refractivity (Wildman–Crippen MR) is 210 cm³/mol. The Labute approximate surface area is 349 Å². The van der Waals surface area contributed by atoms with E-state index in [2.05, 4.69) is 53.6 Å². The fourth-order valence-electron chi connectivity index (χ4n) is 6.27. The van der Waals surface area contributed by atoms with E-state index in [0.29, 0.717) is 68.9 Å². The number of carbonyl (C=O) groups is 2. The van der Waals surface area contributed by atoms with Gasteiger partial charge in [-0.25, -0.2) is 9.97 Å². The van der Waals surface area contributed by atoms with Crippen LogP contribution in [0.2, 0.25) is 10.6 Å². The van der Waals surface area contributed by atoms with Crippen LogP contribution >= 0.6 is 23.2 Å². The summed E-state index contributed by atoms with van der Waals surface area (Å²) in [5.41, 5.74) is 2.65. The number of hydrogen-bond donors (Lipinski definition) is 0. The fraction of sp³-hybridized carbons (Fsp3) is 0.639. The van der Waals surface area contributed by atoms with E-state index in [0.717, 1.165) is 94.3 Å². The summed E-state index contributed by atoms with van der Waals surface area (Å²) in [7, 11) is 3.38. The monoisotopic (exact) mass is 811 g/mol. The Morgan fingerprint density at radius 1 is 0.768 bits per heavy atom. The van der Waals surface area contributed by atoms with Crippen molar-refractivity contribution in [1.82, 2.24) is 43.9 Å². The molecule has 8 rings (SSSR count). The van der Waals surface area contributed by atoms with Gasteiger partial charge in [-0.15, -0.1) is 0 Å². The van der Waals surface area contributed by atoms with E-state index in [1.165, 1.54) is 11.3 Å². The summed E-state index contributed by atoms with van der Waals surface area (Å²) in [5, 5.41) is 0.380. The van der Waals surface area contributed by atoms with Crippen LogP contribution in [-0.2, 0) is 23.7 Å². The topological polar surface area (TPSA) is 168 Å². The molecule has 0 radical (unpaired) electrons. The Hall–Kier alpha value is -3.14. The standard InChI is InChI=1S/C15H18ClN5O3.C14H18ClN5O2.C4H9.C3H7NO.Li/c16-15-18-13(20-4-7-23-8-5-20)12-14(19-15)21(10(9-22)17-12)11-3-1-2-6-24-11;15-14-17-12(19-4-7-21-8-5-19)11-13(18-14)20(9-16-11)10-3-1-2-6-22-10;1-3-4-2;1-4(2)3-5;/h9,11H,1-8H2;9-10H,1-8H2;1,3-4H2,2H3;3H,1-2H3;/q;;-1;;+1. The van der Waals surface area contributed by atoms with E-state index in [4.69, 9.17) is 42.1 Å². The average molecular weight is 813 g/mol. The maximum Gasteiger partial charge on any atom is 1.00 e. The number of amides is 1. The van der Waals surface area contributed by atoms with Gasteiger partial charge >= 0.3 is 18.9 Å². The molecule has 4 saturated heterocycles. The summed E-state index contributed by atoms with van der Waals surface area (Å²) in [5.74, 6) is 1.72. The number of morpholine rings is 2. The van der Waals surface area contributed by atoms with Gasteiger partial charge in [0.1, 0.15) is 12.5 Å². The van der Waals surface area contributed by atoms with Gasteiger partial charge < -0.3 is 40.6 Å². The predicted octanol–water partition coefficient (Wildman–Crippen LogP) is 2.17. The zero-order chi connectivity index (χ0) is 39.2. The number of ether oxygens (including phenoxy) is 4. The van der Waals surface area contributed by atoms with Crippen molar-refractivity contribution >= 4 is 69.9 Å². The summed E-state index contributed by atoms with van der Waals surface area (Å²) in [4.78, 5) is 53.1. The molecule has 0 spiro atoms. The summed E-state index contributed by atoms with van der Waals surface area (Å²) < 4.78 is 26.2. The van der Waals surface area contributed by atoms with Crippen LogP contribution in [0.5, 0.6) is 0 Å². The third-order valence-electron chi connectivity index (χ3n) is 9.10. The maximum absolute atomic E-state index is 11.6. The van der Waals surface area contributed by atoms with E-state index in [9.17, 15) is 9.59 Å². The molecule has 8 heterocycles. The minimum Gasteiger partial charge on any atom is -0.378 e. The molecule has 0 aromatic carbocycles. The smallest absolute Gasteiger partial charge is 0.378 e. The Morgan fingerprint density at radius 2 is 1.27 bits per heavy atom. The van der Waals surface area contributed by atoms with Crippen molar-refractivity contribution in [2.45, 2.75) is 70.7 Å². The molecular formula is C36H52Cl2LiN11O6. The van der Waals surface area contributed by atoms with Crippen molar-refractivity contribution in [2.75, 3.05) is 89.7 Å². The normalized spacial score (nSPS) is 19.7. The van der Waals surface area contributed by atoms with Gasteiger partial charge in [0, 0.05) is 53.5 Å². The number of imidazole rings is 2. The number of anilines is 2. The molecule has 1 amide bonds. The number of aldehydes is 1. The first-order valence-corrected chi connectivity index (χ1v) is 19.6. The molecule has 2 unspecified atom stereocenters. The average Bonchev–Trinajstić information content (AvgIpc) is 3.83. The van der Waals surface area contributed by atoms with Gasteiger partial charge in [0.2, 0.25) is 17.0 Å². The van der Waals surface area contributed by atoms with Gasteiger partial charge in [-0.05, 0) is 61.7 Å². The van der Waals surface area contributed by atoms with Gasteiger partial charge in [0.05, 0.1) is 32.8 Å². The molecule has 4 fully saturated rings. The first-order chi connectivity index (χ1) is 26.8. The number of carbonyl (C=O) groups excluding carboxylic acids is 2. The molecule has 0 saturated carbocycles. The number of unbranched alkanes of at least 4 members (excludes halogenated alkanes) is 1. The van der Waals surface area contributed by atoms with Crippen LogP contribution in [0, 0.1) is 6.92 Å². The molecular weight excluding hydrogens is 760 g/mol. The molecule has 20 heteroatoms. The van der Waals surface area contributed by atoms with Gasteiger partial charge in [-0.2, -0.15) is 26.4 Å². The van der Waals surface area contributed by atoms with Crippen LogP contribution in [-0.4, -0.2) is 137 Å². The Morgan fingerprint density at radius 3 is 1.73 bits per heavy atom. The second-order valence-corrected chi connectivity index (χ2v) is 14.0. The van der Waals surface area contributed by atoms with Crippen LogP contribution in [0.4, 0.5) is 11.6 Å². The number of rotatable bonds is 7. The van der Waals surface area contributed by atoms with Gasteiger partial charge in [-0.3, -0.25) is 18.7 Å². The van der Waals surface area contributed by atoms with E-state index >= 15 is 0 Å². The van der Waals surface area contributed by atoms with Crippen LogP contribution in [0.3, 0.4) is 0 Å². The molecule has 17 nitrogen and oxygen atoms in total. The summed E-state index contributed by atoms with van der Waals surface area (Å²) in [6.45, 7) is 12.8. The van der Waals surface area contributed by atoms with Crippen molar-refractivity contribution in [3.63, 3.8) is 0 Å². The number of hydrogen-bond acceptors (Lipinski definition) is 14. The first-order valence-electron chi connectivity index (χ1n) is 18.9. The molecule has 0 N–H and O–H groups in total. The Bertz CT molecular complexity index is 1810. The van der Waals surface area contributed by atoms with Gasteiger partial charge in [0.25, 0.3) is 0 Å². The van der Waals surface area contributed by atoms with Crippen molar-refractivity contribution in [3.05, 3.63) is 29.6 Å². The van der Waals surface area contributed by atoms with Gasteiger partial charge in [-0.1, -0.05) is 13.3 Å². The first kappa shape index (κ1) is 45.6. The molecule has 0 bridgehead atoms. The molecule has 56 heavy (non-hydrogen) atoms. The second kappa shape index (κ2) is 23.3. The molecule has 302 valence electrons. The third kappa shape index (κ3) is 11.9. The number of fused-ring (bicyclic) bond motifs is 2. The second-order valence-electron chi connectivity index (χ2n) is 13.4. The van der Waals surface area contributed by atoms with Crippen molar-refractivity contribution in [1.29, 1.82) is 0 Å². The van der Waals surface area contributed by atoms with Crippen LogP contribution in [0.1, 0.15) is 81.4 Å². The number of halogens is 2. The van der Waals surface area contributed by atoms with Crippen molar-refractivity contribution < 1.29 is 47.4 Å². The minimum atomic E-state index is -0.243. The SMILES string of the molecule is CN(C)C=O.Clc1nc(N2CCOCC2)c2ncn(C3CCCCO3)c2n1.O=Cc1nc2c(N3CCOCC3)nc(Cl)nc2n1C1CCCCO1.[CH2-]CCC.[Li+]. The summed E-state index contributed by atoms with van der Waals surface area (Å²) >= 11 is 12.3. The summed E-state index contributed by atoms with van der Waals surface area (Å²) in [6.07, 6.45) is 11.4. The molecule has 4 aromatic rings. The van der Waals surface area contributed by atoms with Crippen LogP contribution in [0.15, 0.2) is 6.33 Å². The van der Waals surface area contributed by atoms with Crippen LogP contribution < -0.4 is 28.7 Å². The van der Waals surface area contributed by atoms with E-state index in [1.807, 2.05) is 4.57 Å². The molecule has 2 atom stereocenters. The number of aromatic nitrogens is 8. The van der Waals surface area contributed by atoms with Gasteiger partial charge in [0.15, 0.2) is 46.1 Å². The molecule has 4 aromatic heterocycles. The van der Waals surface area contributed by atoms with Crippen molar-refractivity contribution in [2.24, 2.45) is 0 Å². The van der Waals surface area contributed by atoms with E-state index < -0.39 is 0 Å². The fourth-order valence-corrected chi connectivity index (χ4v) is 6.59. The van der Waals surface area contributed by atoms with E-state index in [1.54, 1.807) is 25.0 Å². The largest absolute Gasteiger partial charge is 1.00 e. The molecule has 4 aliphatic heterocycles. The molecule has 0 aliphatic carbocycles. The zero-order valence-electron chi connectivity index (χ0n) is 32.9.